The lowest BCUT2D eigenvalue weighted by Gasteiger charge is -2.15. The van der Waals surface area contributed by atoms with Gasteiger partial charge in [-0.25, -0.2) is 0 Å². The Morgan fingerprint density at radius 3 is 1.63 bits per heavy atom. The van der Waals surface area contributed by atoms with Gasteiger partial charge in [-0.1, -0.05) is 114 Å². The van der Waals surface area contributed by atoms with Gasteiger partial charge in [-0.15, -0.1) is 0 Å². The molecule has 0 aromatic rings. The second kappa shape index (κ2) is 15.1. The van der Waals surface area contributed by atoms with Crippen molar-refractivity contribution in [1.29, 1.82) is 0 Å². The molecule has 0 saturated carbocycles. The highest BCUT2D eigenvalue weighted by Gasteiger charge is 2.07. The van der Waals surface area contributed by atoms with Crippen LogP contribution in [-0.2, 0) is 0 Å². The van der Waals surface area contributed by atoms with Gasteiger partial charge in [-0.3, -0.25) is 0 Å². The third-order valence-electron chi connectivity index (χ3n) is 4.12. The van der Waals surface area contributed by atoms with Crippen LogP contribution < -0.4 is 0 Å². The molecule has 0 nitrogen and oxygen atoms in total. The van der Waals surface area contributed by atoms with Gasteiger partial charge in [0.1, 0.15) is 0 Å². The van der Waals surface area contributed by atoms with E-state index < -0.39 is 0 Å². The van der Waals surface area contributed by atoms with Crippen molar-refractivity contribution in [2.75, 3.05) is 4.43 Å². The minimum Gasteiger partial charge on any atom is -0.0861 e. The summed E-state index contributed by atoms with van der Waals surface area (Å²) in [5, 5.41) is 0. The zero-order chi connectivity index (χ0) is 14.3. The summed E-state index contributed by atoms with van der Waals surface area (Å²) >= 11 is 2.52. The lowest BCUT2D eigenvalue weighted by atomic mass is 9.93. The molecule has 0 aliphatic heterocycles. The fraction of sp³-hybridized carbons (Fsp3) is 1.00. The van der Waals surface area contributed by atoms with Crippen LogP contribution >= 0.6 is 22.6 Å². The van der Waals surface area contributed by atoms with Crippen LogP contribution in [0, 0.1) is 11.8 Å². The molecule has 1 heteroatoms. The van der Waals surface area contributed by atoms with E-state index in [9.17, 15) is 0 Å². The molecule has 2 unspecified atom stereocenters. The van der Waals surface area contributed by atoms with E-state index in [2.05, 4.69) is 43.4 Å². The summed E-state index contributed by atoms with van der Waals surface area (Å²) in [4.78, 5) is 0. The van der Waals surface area contributed by atoms with Crippen molar-refractivity contribution < 1.29 is 0 Å². The number of rotatable bonds is 14. The average Bonchev–Trinajstić information content (AvgIpc) is 2.40. The van der Waals surface area contributed by atoms with Crippen molar-refractivity contribution in [3.8, 4) is 0 Å². The van der Waals surface area contributed by atoms with Crippen molar-refractivity contribution >= 4 is 22.6 Å². The number of unbranched alkanes of at least 4 members (excludes halogenated alkanes) is 9. The summed E-state index contributed by atoms with van der Waals surface area (Å²) in [5.41, 5.74) is 0. The summed E-state index contributed by atoms with van der Waals surface area (Å²) in [6.07, 6.45) is 17.5. The van der Waals surface area contributed by atoms with Crippen molar-refractivity contribution in [2.24, 2.45) is 11.8 Å². The second-order valence-corrected chi connectivity index (χ2v) is 7.45. The molecule has 19 heavy (non-hydrogen) atoms. The van der Waals surface area contributed by atoms with E-state index in [0.717, 1.165) is 11.8 Å². The molecule has 0 radical (unpaired) electrons. The van der Waals surface area contributed by atoms with E-state index in [4.69, 9.17) is 0 Å². The standard InChI is InChI=1S/C18H37I/c1-4-5-6-7-8-9-10-11-12-13-14-17(2)15-18(3)16-19/h17-18H,4-16H2,1-3H3. The third-order valence-corrected chi connectivity index (χ3v) is 5.62. The van der Waals surface area contributed by atoms with Gasteiger partial charge in [0.05, 0.1) is 0 Å². The predicted molar refractivity (Wildman–Crippen MR) is 98.3 cm³/mol. The molecule has 0 amide bonds. The lowest BCUT2D eigenvalue weighted by molar-refractivity contribution is 0.402. The molecule has 0 saturated heterocycles. The van der Waals surface area contributed by atoms with Gasteiger partial charge in [0, 0.05) is 4.43 Å². The van der Waals surface area contributed by atoms with Crippen LogP contribution in [0.3, 0.4) is 0 Å². The van der Waals surface area contributed by atoms with Crippen molar-refractivity contribution in [1.82, 2.24) is 0 Å². The van der Waals surface area contributed by atoms with E-state index in [1.807, 2.05) is 0 Å². The van der Waals surface area contributed by atoms with Crippen LogP contribution in [-0.4, -0.2) is 4.43 Å². The van der Waals surface area contributed by atoms with E-state index in [1.54, 1.807) is 0 Å². The number of halogens is 1. The van der Waals surface area contributed by atoms with Crippen LogP contribution in [0.4, 0.5) is 0 Å². The van der Waals surface area contributed by atoms with E-state index in [0.29, 0.717) is 0 Å². The maximum Gasteiger partial charge on any atom is 0.00211 e. The monoisotopic (exact) mass is 380 g/mol. The molecule has 0 bridgehead atoms. The fourth-order valence-corrected chi connectivity index (χ4v) is 3.21. The lowest BCUT2D eigenvalue weighted by Crippen LogP contribution is -2.04. The SMILES string of the molecule is CCCCCCCCCCCCC(C)CC(C)CI. The highest BCUT2D eigenvalue weighted by Crippen LogP contribution is 2.20. The normalized spacial score (nSPS) is 14.5. The molecule has 0 aromatic carbocycles. The number of hydrogen-bond donors (Lipinski definition) is 0. The number of hydrogen-bond acceptors (Lipinski definition) is 0. The summed E-state index contributed by atoms with van der Waals surface area (Å²) in [7, 11) is 0. The van der Waals surface area contributed by atoms with Gasteiger partial charge < -0.3 is 0 Å². The van der Waals surface area contributed by atoms with Crippen molar-refractivity contribution in [3.63, 3.8) is 0 Å². The van der Waals surface area contributed by atoms with Gasteiger partial charge in [0.2, 0.25) is 0 Å². The highest BCUT2D eigenvalue weighted by molar-refractivity contribution is 14.1. The van der Waals surface area contributed by atoms with Gasteiger partial charge in [0.25, 0.3) is 0 Å². The molecule has 0 N–H and O–H groups in total. The summed E-state index contributed by atoms with van der Waals surface area (Å²) in [6.45, 7) is 7.12. The average molecular weight is 380 g/mol. The first-order valence-corrected chi connectivity index (χ1v) is 10.3. The van der Waals surface area contributed by atoms with Crippen molar-refractivity contribution in [3.05, 3.63) is 0 Å². The topological polar surface area (TPSA) is 0 Å². The van der Waals surface area contributed by atoms with Crippen LogP contribution in [0.25, 0.3) is 0 Å². The van der Waals surface area contributed by atoms with E-state index in [-0.39, 0.29) is 0 Å². The highest BCUT2D eigenvalue weighted by atomic mass is 127. The van der Waals surface area contributed by atoms with Gasteiger partial charge >= 0.3 is 0 Å². The van der Waals surface area contributed by atoms with Crippen LogP contribution in [0.15, 0.2) is 0 Å². The third kappa shape index (κ3) is 14.9. The van der Waals surface area contributed by atoms with Gasteiger partial charge in [-0.05, 0) is 18.3 Å². The fourth-order valence-electron chi connectivity index (χ4n) is 2.85. The molecule has 0 aromatic heterocycles. The predicted octanol–water partition coefficient (Wildman–Crippen LogP) is 7.39. The van der Waals surface area contributed by atoms with Gasteiger partial charge in [0.15, 0.2) is 0 Å². The molecule has 0 heterocycles. The molecular formula is C18H37I. The Labute approximate surface area is 136 Å². The number of alkyl halides is 1. The van der Waals surface area contributed by atoms with E-state index in [1.165, 1.54) is 81.5 Å². The Morgan fingerprint density at radius 2 is 1.16 bits per heavy atom. The molecule has 0 spiro atoms. The van der Waals surface area contributed by atoms with Crippen LogP contribution in [0.1, 0.15) is 97.8 Å². The first-order valence-electron chi connectivity index (χ1n) is 8.76. The molecular weight excluding hydrogens is 343 g/mol. The summed E-state index contributed by atoms with van der Waals surface area (Å²) in [5.74, 6) is 1.86. The smallest absolute Gasteiger partial charge is 0.00211 e. The quantitative estimate of drug-likeness (QED) is 0.167. The first-order chi connectivity index (χ1) is 9.20. The maximum absolute atomic E-state index is 2.52. The Morgan fingerprint density at radius 1 is 0.684 bits per heavy atom. The van der Waals surface area contributed by atoms with Crippen LogP contribution in [0.2, 0.25) is 0 Å². The Hall–Kier alpha value is 0.730. The largest absolute Gasteiger partial charge is 0.0861 e. The minimum atomic E-state index is 0.915. The molecule has 0 aliphatic rings. The zero-order valence-electron chi connectivity index (χ0n) is 13.7. The molecule has 116 valence electrons. The second-order valence-electron chi connectivity index (χ2n) is 6.57. The Kier molecular flexibility index (Phi) is 15.7. The Balaban J connectivity index is 3.13. The van der Waals surface area contributed by atoms with Crippen molar-refractivity contribution in [2.45, 2.75) is 97.8 Å². The summed E-state index contributed by atoms with van der Waals surface area (Å²) < 4.78 is 1.32. The molecule has 0 rings (SSSR count). The van der Waals surface area contributed by atoms with Gasteiger partial charge in [-0.2, -0.15) is 0 Å². The van der Waals surface area contributed by atoms with Crippen LogP contribution in [0.5, 0.6) is 0 Å². The Bertz CT molecular complexity index is 167. The molecule has 0 aliphatic carbocycles. The molecule has 0 fully saturated rings. The first kappa shape index (κ1) is 19.7. The minimum absolute atomic E-state index is 0.915. The maximum atomic E-state index is 2.52. The zero-order valence-corrected chi connectivity index (χ0v) is 15.9. The van der Waals surface area contributed by atoms with E-state index >= 15 is 0 Å². The molecule has 2 atom stereocenters. The summed E-state index contributed by atoms with van der Waals surface area (Å²) in [6, 6.07) is 0.